The molecule has 0 radical (unpaired) electrons. The number of carbonyl (C=O) groups is 1. The van der Waals surface area contributed by atoms with Crippen LogP contribution in [0.5, 0.6) is 0 Å². The van der Waals surface area contributed by atoms with Crippen molar-refractivity contribution in [2.24, 2.45) is 0 Å². The normalized spacial score (nSPS) is 10.8. The number of esters is 1. The van der Waals surface area contributed by atoms with Gasteiger partial charge in [0.25, 0.3) is 0 Å². The number of methoxy groups -OCH3 is 2. The lowest BCUT2D eigenvalue weighted by Crippen LogP contribution is -2.05. The van der Waals surface area contributed by atoms with Crippen LogP contribution in [0.2, 0.25) is 0 Å². The standard InChI is InChI=1S/C14H11FN2O3/c1-17-12(8-16)14(20-3)10-5-4-9(6-11(10)15)7-13(18)19-2/h4-6H,7H2,2-3H3/b14-12-. The molecule has 0 saturated carbocycles. The number of rotatable bonds is 4. The lowest BCUT2D eigenvalue weighted by atomic mass is 10.1. The molecule has 0 aromatic heterocycles. The van der Waals surface area contributed by atoms with Crippen molar-refractivity contribution in [3.8, 4) is 6.07 Å². The molecule has 5 nitrogen and oxygen atoms in total. The summed E-state index contributed by atoms with van der Waals surface area (Å²) in [7, 11) is 2.49. The minimum Gasteiger partial charge on any atom is -0.506 e. The fraction of sp³-hybridized carbons (Fsp3) is 0.214. The lowest BCUT2D eigenvalue weighted by molar-refractivity contribution is -0.139. The molecule has 0 atom stereocenters. The Hall–Kier alpha value is -2.86. The molecule has 0 spiro atoms. The summed E-state index contributed by atoms with van der Waals surface area (Å²) in [5, 5.41) is 8.80. The maximum atomic E-state index is 14.0. The molecule has 0 aliphatic carbocycles. The summed E-state index contributed by atoms with van der Waals surface area (Å²) in [5.41, 5.74) is 0.0793. The van der Waals surface area contributed by atoms with E-state index < -0.39 is 11.8 Å². The number of halogens is 1. The highest BCUT2D eigenvalue weighted by atomic mass is 19.1. The summed E-state index contributed by atoms with van der Waals surface area (Å²) < 4.78 is 23.4. The molecule has 0 amide bonds. The summed E-state index contributed by atoms with van der Waals surface area (Å²) >= 11 is 0. The van der Waals surface area contributed by atoms with Gasteiger partial charge in [-0.3, -0.25) is 4.79 Å². The van der Waals surface area contributed by atoms with Crippen molar-refractivity contribution in [1.82, 2.24) is 0 Å². The van der Waals surface area contributed by atoms with Crippen LogP contribution in [0.3, 0.4) is 0 Å². The quantitative estimate of drug-likeness (QED) is 0.366. The monoisotopic (exact) mass is 274 g/mol. The van der Waals surface area contributed by atoms with E-state index in [0.29, 0.717) is 5.56 Å². The van der Waals surface area contributed by atoms with Gasteiger partial charge < -0.3 is 9.47 Å². The average molecular weight is 274 g/mol. The Balaban J connectivity index is 3.23. The third-order valence-corrected chi connectivity index (χ3v) is 2.49. The van der Waals surface area contributed by atoms with E-state index in [1.807, 2.05) is 0 Å². The van der Waals surface area contributed by atoms with Gasteiger partial charge in [-0.05, 0) is 17.7 Å². The third kappa shape index (κ3) is 3.33. The molecule has 0 heterocycles. The van der Waals surface area contributed by atoms with Crippen LogP contribution < -0.4 is 0 Å². The topological polar surface area (TPSA) is 63.7 Å². The van der Waals surface area contributed by atoms with Gasteiger partial charge in [-0.1, -0.05) is 6.07 Å². The van der Waals surface area contributed by atoms with Gasteiger partial charge in [0, 0.05) is 5.56 Å². The Labute approximate surface area is 115 Å². The van der Waals surface area contributed by atoms with Crippen LogP contribution in [0, 0.1) is 23.7 Å². The van der Waals surface area contributed by atoms with Crippen LogP contribution in [0.1, 0.15) is 11.1 Å². The highest BCUT2D eigenvalue weighted by Crippen LogP contribution is 2.24. The molecule has 0 saturated heterocycles. The number of allylic oxidation sites excluding steroid dienone is 1. The minimum atomic E-state index is -0.681. The Kier molecular flexibility index (Phi) is 5.25. The van der Waals surface area contributed by atoms with Gasteiger partial charge >= 0.3 is 11.7 Å². The zero-order valence-corrected chi connectivity index (χ0v) is 10.9. The largest absolute Gasteiger partial charge is 0.506 e. The van der Waals surface area contributed by atoms with Gasteiger partial charge in [-0.25, -0.2) is 14.5 Å². The highest BCUT2D eigenvalue weighted by Gasteiger charge is 2.15. The Bertz CT molecular complexity index is 623. The second kappa shape index (κ2) is 6.91. The van der Waals surface area contributed by atoms with Crippen LogP contribution in [0.15, 0.2) is 23.9 Å². The second-order valence-corrected chi connectivity index (χ2v) is 3.67. The predicted octanol–water partition coefficient (Wildman–Crippen LogP) is 2.30. The first-order chi connectivity index (χ1) is 9.57. The van der Waals surface area contributed by atoms with Crippen molar-refractivity contribution < 1.29 is 18.7 Å². The van der Waals surface area contributed by atoms with Gasteiger partial charge in [0.2, 0.25) is 0 Å². The van der Waals surface area contributed by atoms with E-state index >= 15 is 0 Å². The average Bonchev–Trinajstić information content (AvgIpc) is 2.45. The third-order valence-electron chi connectivity index (χ3n) is 2.49. The summed E-state index contributed by atoms with van der Waals surface area (Å²) in [6, 6.07) is 5.65. The number of carbonyl (C=O) groups excluding carboxylic acids is 1. The van der Waals surface area contributed by atoms with E-state index in [1.165, 1.54) is 26.4 Å². The summed E-state index contributed by atoms with van der Waals surface area (Å²) in [4.78, 5) is 14.1. The molecule has 0 aliphatic heterocycles. The summed E-state index contributed by atoms with van der Waals surface area (Å²) in [5.74, 6) is -1.30. The van der Waals surface area contributed by atoms with E-state index in [1.54, 1.807) is 6.07 Å². The zero-order valence-electron chi connectivity index (χ0n) is 10.9. The molecule has 1 aromatic rings. The SMILES string of the molecule is [C-]#[N+]/C(C#N)=C(\OC)c1ccc(CC(=O)OC)cc1F. The van der Waals surface area contributed by atoms with E-state index in [2.05, 4.69) is 9.58 Å². The van der Waals surface area contributed by atoms with E-state index in [4.69, 9.17) is 16.6 Å². The Morgan fingerprint density at radius 3 is 2.60 bits per heavy atom. The van der Waals surface area contributed by atoms with Crippen molar-refractivity contribution in [3.63, 3.8) is 0 Å². The summed E-state index contributed by atoms with van der Waals surface area (Å²) in [6.45, 7) is 6.85. The fourth-order valence-corrected chi connectivity index (χ4v) is 1.55. The van der Waals surface area contributed by atoms with Crippen molar-refractivity contribution in [3.05, 3.63) is 52.3 Å². The number of benzene rings is 1. The van der Waals surface area contributed by atoms with Gasteiger partial charge in [-0.15, -0.1) is 0 Å². The fourth-order valence-electron chi connectivity index (χ4n) is 1.55. The first-order valence-electron chi connectivity index (χ1n) is 5.48. The number of nitrogens with zero attached hydrogens (tertiary/aromatic N) is 2. The van der Waals surface area contributed by atoms with Crippen LogP contribution in [0.4, 0.5) is 4.39 Å². The molecule has 102 valence electrons. The zero-order chi connectivity index (χ0) is 15.1. The van der Waals surface area contributed by atoms with Crippen LogP contribution in [-0.4, -0.2) is 20.2 Å². The highest BCUT2D eigenvalue weighted by molar-refractivity contribution is 5.73. The molecule has 0 unspecified atom stereocenters. The van der Waals surface area contributed by atoms with Gasteiger partial charge in [-0.2, -0.15) is 0 Å². The second-order valence-electron chi connectivity index (χ2n) is 3.67. The molecule has 1 aromatic carbocycles. The molecule has 6 heteroatoms. The molecular weight excluding hydrogens is 263 g/mol. The van der Waals surface area contributed by atoms with Gasteiger partial charge in [0.1, 0.15) is 11.6 Å². The van der Waals surface area contributed by atoms with Crippen LogP contribution >= 0.6 is 0 Å². The first-order valence-corrected chi connectivity index (χ1v) is 5.48. The maximum absolute atomic E-state index is 14.0. The van der Waals surface area contributed by atoms with Gasteiger partial charge in [0.15, 0.2) is 0 Å². The molecule has 0 N–H and O–H groups in total. The molecule has 0 fully saturated rings. The predicted molar refractivity (Wildman–Crippen MR) is 68.3 cm³/mol. The van der Waals surface area contributed by atoms with E-state index in [-0.39, 0.29) is 23.4 Å². The van der Waals surface area contributed by atoms with Crippen molar-refractivity contribution in [2.75, 3.05) is 14.2 Å². The number of hydrogen-bond acceptors (Lipinski definition) is 4. The van der Waals surface area contributed by atoms with Crippen LogP contribution in [-0.2, 0) is 20.7 Å². The van der Waals surface area contributed by atoms with Crippen LogP contribution in [0.25, 0.3) is 10.6 Å². The van der Waals surface area contributed by atoms with Crippen molar-refractivity contribution in [1.29, 1.82) is 5.26 Å². The van der Waals surface area contributed by atoms with E-state index in [0.717, 1.165) is 6.07 Å². The van der Waals surface area contributed by atoms with Crippen molar-refractivity contribution >= 4 is 11.7 Å². The number of ether oxygens (including phenoxy) is 2. The Morgan fingerprint density at radius 1 is 1.45 bits per heavy atom. The smallest absolute Gasteiger partial charge is 0.309 e. The maximum Gasteiger partial charge on any atom is 0.309 e. The summed E-state index contributed by atoms with van der Waals surface area (Å²) in [6.07, 6.45) is -0.0618. The molecule has 1 rings (SSSR count). The molecule has 20 heavy (non-hydrogen) atoms. The molecular formula is C14H11FN2O3. The first kappa shape index (κ1) is 15.2. The minimum absolute atomic E-state index is 0.00586. The molecule has 0 bridgehead atoms. The van der Waals surface area contributed by atoms with Crippen molar-refractivity contribution in [2.45, 2.75) is 6.42 Å². The number of nitriles is 1. The lowest BCUT2D eigenvalue weighted by Gasteiger charge is -2.09. The molecule has 0 aliphatic rings. The van der Waals surface area contributed by atoms with Gasteiger partial charge in [0.05, 0.1) is 33.3 Å². The number of hydrogen-bond donors (Lipinski definition) is 0. The Morgan fingerprint density at radius 2 is 2.15 bits per heavy atom. The van der Waals surface area contributed by atoms with E-state index in [9.17, 15) is 9.18 Å².